The maximum Gasteiger partial charge on any atom is 0.256 e. The molecule has 3 rings (SSSR count). The van der Waals surface area contributed by atoms with Gasteiger partial charge in [0.25, 0.3) is 5.91 Å². The molecule has 0 spiro atoms. The first kappa shape index (κ1) is 21.7. The molecule has 1 amide bonds. The summed E-state index contributed by atoms with van der Waals surface area (Å²) in [4.78, 5) is 17.3. The van der Waals surface area contributed by atoms with Crippen molar-refractivity contribution in [3.8, 4) is 5.82 Å². The maximum absolute atomic E-state index is 12.9. The highest BCUT2D eigenvalue weighted by Gasteiger charge is 2.23. The Hall–Kier alpha value is -3.04. The van der Waals surface area contributed by atoms with Gasteiger partial charge in [-0.3, -0.25) is 4.79 Å². The number of hydrogen-bond acceptors (Lipinski definition) is 5. The highest BCUT2D eigenvalue weighted by atomic mass is 32.2. The smallest absolute Gasteiger partial charge is 0.256 e. The Morgan fingerprint density at radius 2 is 1.80 bits per heavy atom. The highest BCUT2D eigenvalue weighted by molar-refractivity contribution is 7.89. The van der Waals surface area contributed by atoms with Crippen LogP contribution in [0, 0.1) is 0 Å². The van der Waals surface area contributed by atoms with Crippen LogP contribution in [0.4, 0.5) is 5.82 Å². The van der Waals surface area contributed by atoms with Crippen molar-refractivity contribution in [2.24, 2.45) is 0 Å². The monoisotopic (exact) mass is 427 g/mol. The van der Waals surface area contributed by atoms with E-state index in [1.54, 1.807) is 41.2 Å². The number of benzene rings is 1. The van der Waals surface area contributed by atoms with E-state index in [9.17, 15) is 13.2 Å². The van der Waals surface area contributed by atoms with Crippen molar-refractivity contribution in [1.29, 1.82) is 0 Å². The van der Waals surface area contributed by atoms with Gasteiger partial charge in [0.05, 0.1) is 10.6 Å². The summed E-state index contributed by atoms with van der Waals surface area (Å²) in [6.45, 7) is 6.08. The number of nitrogens with one attached hydrogen (secondary N) is 1. The van der Waals surface area contributed by atoms with Crippen LogP contribution in [-0.2, 0) is 15.4 Å². The number of hydrogen-bond donors (Lipinski definition) is 1. The molecule has 0 atom stereocenters. The number of carbonyl (C=O) groups is 1. The minimum Gasteiger partial charge on any atom is -0.306 e. The first-order valence-corrected chi connectivity index (χ1v) is 10.8. The fraction of sp³-hybridized carbons (Fsp3) is 0.286. The molecule has 8 nitrogen and oxygen atoms in total. The molecule has 0 radical (unpaired) electrons. The average Bonchev–Trinajstić information content (AvgIpc) is 3.13. The molecule has 0 aliphatic rings. The Morgan fingerprint density at radius 3 is 2.40 bits per heavy atom. The van der Waals surface area contributed by atoms with Crippen molar-refractivity contribution < 1.29 is 13.2 Å². The molecule has 158 valence electrons. The lowest BCUT2D eigenvalue weighted by Crippen LogP contribution is -2.23. The summed E-state index contributed by atoms with van der Waals surface area (Å²) in [5, 5.41) is 7.45. The molecular weight excluding hydrogens is 402 g/mol. The molecule has 9 heteroatoms. The molecule has 1 aromatic carbocycles. The fourth-order valence-corrected chi connectivity index (χ4v) is 3.64. The van der Waals surface area contributed by atoms with Gasteiger partial charge in [0, 0.05) is 37.3 Å². The molecule has 0 aliphatic heterocycles. The zero-order valence-electron chi connectivity index (χ0n) is 17.6. The van der Waals surface area contributed by atoms with Crippen molar-refractivity contribution in [2.45, 2.75) is 31.1 Å². The standard InChI is InChI=1S/C21H25N5O3S/c1-21(2,3)17-14-19(26(24-17)18-11-6-7-12-22-18)23-20(27)15-9-8-10-16(13-15)30(28,29)25(4)5/h6-14H,1-5H3,(H,23,27). The van der Waals surface area contributed by atoms with Crippen LogP contribution in [0.3, 0.4) is 0 Å². The first-order chi connectivity index (χ1) is 14.0. The lowest BCUT2D eigenvalue weighted by atomic mass is 9.92. The highest BCUT2D eigenvalue weighted by Crippen LogP contribution is 2.26. The Bertz CT molecular complexity index is 1160. The summed E-state index contributed by atoms with van der Waals surface area (Å²) in [6, 6.07) is 13.2. The van der Waals surface area contributed by atoms with E-state index in [2.05, 4.69) is 15.4 Å². The largest absolute Gasteiger partial charge is 0.306 e. The summed E-state index contributed by atoms with van der Waals surface area (Å²) in [7, 11) is -0.754. The van der Waals surface area contributed by atoms with Gasteiger partial charge in [0.1, 0.15) is 5.82 Å². The number of anilines is 1. The van der Waals surface area contributed by atoms with Gasteiger partial charge in [-0.05, 0) is 30.3 Å². The van der Waals surface area contributed by atoms with E-state index in [4.69, 9.17) is 0 Å². The second kappa shape index (κ2) is 8.00. The Kier molecular flexibility index (Phi) is 5.78. The number of rotatable bonds is 5. The second-order valence-corrected chi connectivity index (χ2v) is 10.2. The van der Waals surface area contributed by atoms with E-state index in [-0.39, 0.29) is 15.9 Å². The topological polar surface area (TPSA) is 97.2 Å². The van der Waals surface area contributed by atoms with Gasteiger partial charge in [0.2, 0.25) is 10.0 Å². The summed E-state index contributed by atoms with van der Waals surface area (Å²) in [6.07, 6.45) is 1.65. The predicted molar refractivity (Wildman–Crippen MR) is 115 cm³/mol. The lowest BCUT2D eigenvalue weighted by molar-refractivity contribution is 0.102. The van der Waals surface area contributed by atoms with Gasteiger partial charge in [-0.25, -0.2) is 17.7 Å². The average molecular weight is 428 g/mol. The molecule has 1 N–H and O–H groups in total. The summed E-state index contributed by atoms with van der Waals surface area (Å²) < 4.78 is 27.5. The van der Waals surface area contributed by atoms with E-state index < -0.39 is 15.9 Å². The number of nitrogens with zero attached hydrogens (tertiary/aromatic N) is 4. The normalized spacial score (nSPS) is 12.2. The van der Waals surface area contributed by atoms with Gasteiger partial charge < -0.3 is 5.32 Å². The van der Waals surface area contributed by atoms with Crippen LogP contribution < -0.4 is 5.32 Å². The molecule has 0 bridgehead atoms. The van der Waals surface area contributed by atoms with Crippen molar-refractivity contribution in [2.75, 3.05) is 19.4 Å². The molecule has 2 aromatic heterocycles. The number of pyridine rings is 1. The molecule has 0 saturated carbocycles. The lowest BCUT2D eigenvalue weighted by Gasteiger charge is -2.13. The Labute approximate surface area is 176 Å². The van der Waals surface area contributed by atoms with Crippen molar-refractivity contribution in [1.82, 2.24) is 19.1 Å². The predicted octanol–water partition coefficient (Wildman–Crippen LogP) is 3.07. The van der Waals surface area contributed by atoms with Crippen molar-refractivity contribution >= 4 is 21.7 Å². The molecule has 3 aromatic rings. The SMILES string of the molecule is CN(C)S(=O)(=O)c1cccc(C(=O)Nc2cc(C(C)(C)C)nn2-c2ccccn2)c1. The van der Waals surface area contributed by atoms with Gasteiger partial charge in [-0.1, -0.05) is 32.9 Å². The number of carbonyl (C=O) groups excluding carboxylic acids is 1. The first-order valence-electron chi connectivity index (χ1n) is 9.36. The van der Waals surface area contributed by atoms with Crippen LogP contribution in [0.2, 0.25) is 0 Å². The van der Waals surface area contributed by atoms with E-state index in [0.29, 0.717) is 11.6 Å². The van der Waals surface area contributed by atoms with Crippen LogP contribution >= 0.6 is 0 Å². The van der Waals surface area contributed by atoms with Crippen molar-refractivity contribution in [3.63, 3.8) is 0 Å². The third-order valence-electron chi connectivity index (χ3n) is 4.46. The van der Waals surface area contributed by atoms with Gasteiger partial charge in [0.15, 0.2) is 5.82 Å². The van der Waals surface area contributed by atoms with Crippen LogP contribution in [0.15, 0.2) is 59.6 Å². The summed E-state index contributed by atoms with van der Waals surface area (Å²) in [5.74, 6) is 0.570. The summed E-state index contributed by atoms with van der Waals surface area (Å²) in [5.41, 5.74) is 0.774. The van der Waals surface area contributed by atoms with Gasteiger partial charge >= 0.3 is 0 Å². The van der Waals surface area contributed by atoms with E-state index >= 15 is 0 Å². The van der Waals surface area contributed by atoms with Gasteiger partial charge in [-0.15, -0.1) is 0 Å². The number of amides is 1. The van der Waals surface area contributed by atoms with Gasteiger partial charge in [-0.2, -0.15) is 9.78 Å². The minimum absolute atomic E-state index is 0.0498. The van der Waals surface area contributed by atoms with Crippen LogP contribution in [0.5, 0.6) is 0 Å². The molecule has 30 heavy (non-hydrogen) atoms. The van der Waals surface area contributed by atoms with Crippen LogP contribution in [0.1, 0.15) is 36.8 Å². The number of aromatic nitrogens is 3. The Morgan fingerprint density at radius 1 is 1.07 bits per heavy atom. The van der Waals surface area contributed by atoms with E-state index in [1.165, 1.54) is 26.2 Å². The zero-order valence-corrected chi connectivity index (χ0v) is 18.4. The summed E-state index contributed by atoms with van der Waals surface area (Å²) >= 11 is 0. The fourth-order valence-electron chi connectivity index (χ4n) is 2.69. The molecule has 0 saturated heterocycles. The third kappa shape index (κ3) is 4.42. The second-order valence-electron chi connectivity index (χ2n) is 8.03. The molecule has 0 aliphatic carbocycles. The van der Waals surface area contributed by atoms with E-state index in [1.807, 2.05) is 26.8 Å². The van der Waals surface area contributed by atoms with E-state index in [0.717, 1.165) is 10.00 Å². The molecule has 0 unspecified atom stereocenters. The van der Waals surface area contributed by atoms with Crippen molar-refractivity contribution in [3.05, 3.63) is 66.0 Å². The Balaban J connectivity index is 1.99. The number of sulfonamides is 1. The molecular formula is C21H25N5O3S. The van der Waals surface area contributed by atoms with Crippen LogP contribution in [-0.4, -0.2) is 47.5 Å². The maximum atomic E-state index is 12.9. The third-order valence-corrected chi connectivity index (χ3v) is 6.27. The molecule has 2 heterocycles. The quantitative estimate of drug-likeness (QED) is 0.675. The minimum atomic E-state index is -3.65. The molecule has 0 fully saturated rings. The zero-order chi connectivity index (χ0) is 22.1. The van der Waals surface area contributed by atoms with Crippen LogP contribution in [0.25, 0.3) is 5.82 Å².